The fourth-order valence-corrected chi connectivity index (χ4v) is 3.11. The fraction of sp³-hybridized carbons (Fsp3) is 0.125. The van der Waals surface area contributed by atoms with Crippen molar-refractivity contribution in [2.75, 3.05) is 0 Å². The Hall–Kier alpha value is -1.29. The van der Waals surface area contributed by atoms with Crippen molar-refractivity contribution >= 4 is 38.5 Å². The van der Waals surface area contributed by atoms with E-state index in [4.69, 9.17) is 21.8 Å². The van der Waals surface area contributed by atoms with Gasteiger partial charge in [0.1, 0.15) is 11.3 Å². The lowest BCUT2D eigenvalue weighted by Gasteiger charge is -2.09. The summed E-state index contributed by atoms with van der Waals surface area (Å²) >= 11 is 9.50. The third-order valence-electron chi connectivity index (χ3n) is 3.30. The molecule has 0 amide bonds. The Morgan fingerprint density at radius 3 is 2.75 bits per heavy atom. The molecule has 0 saturated carbocycles. The van der Waals surface area contributed by atoms with Gasteiger partial charge in [-0.1, -0.05) is 39.7 Å². The maximum Gasteiger partial charge on any atom is 0.137 e. The van der Waals surface area contributed by atoms with Crippen LogP contribution in [0.15, 0.2) is 51.4 Å². The van der Waals surface area contributed by atoms with Gasteiger partial charge in [0.15, 0.2) is 0 Å². The van der Waals surface area contributed by atoms with Crippen molar-refractivity contribution in [2.45, 2.75) is 13.0 Å². The number of rotatable bonds is 2. The second-order valence-corrected chi connectivity index (χ2v) is 6.17. The van der Waals surface area contributed by atoms with Crippen molar-refractivity contribution in [1.82, 2.24) is 0 Å². The zero-order valence-electron chi connectivity index (χ0n) is 10.9. The first-order valence-electron chi connectivity index (χ1n) is 6.25. The minimum atomic E-state index is -0.320. The largest absolute Gasteiger partial charge is 0.459 e. The van der Waals surface area contributed by atoms with E-state index in [1.165, 1.54) is 0 Å². The topological polar surface area (TPSA) is 39.2 Å². The van der Waals surface area contributed by atoms with Crippen molar-refractivity contribution in [3.05, 3.63) is 68.8 Å². The number of hydrogen-bond acceptors (Lipinski definition) is 2. The molecule has 3 aromatic rings. The second kappa shape index (κ2) is 5.24. The molecule has 20 heavy (non-hydrogen) atoms. The first-order chi connectivity index (χ1) is 9.54. The standard InChI is InChI=1S/C16H13BrClNO/c1-9-5-12(17)6-11-8-14(20-16(9)11)15(19)10-3-2-4-13(18)7-10/h2-8,15H,19H2,1H3. The van der Waals surface area contributed by atoms with Crippen LogP contribution in [0, 0.1) is 6.92 Å². The van der Waals surface area contributed by atoms with Crippen LogP contribution in [0.1, 0.15) is 22.9 Å². The molecule has 102 valence electrons. The third-order valence-corrected chi connectivity index (χ3v) is 3.99. The molecule has 0 radical (unpaired) electrons. The summed E-state index contributed by atoms with van der Waals surface area (Å²) < 4.78 is 6.95. The Morgan fingerprint density at radius 2 is 2.00 bits per heavy atom. The van der Waals surface area contributed by atoms with E-state index < -0.39 is 0 Å². The molecular formula is C16H13BrClNO. The Labute approximate surface area is 130 Å². The summed E-state index contributed by atoms with van der Waals surface area (Å²) in [6, 6.07) is 13.3. The zero-order valence-corrected chi connectivity index (χ0v) is 13.2. The van der Waals surface area contributed by atoms with E-state index in [1.807, 2.05) is 49.4 Å². The average Bonchev–Trinajstić information content (AvgIpc) is 2.82. The molecule has 3 rings (SSSR count). The molecule has 1 unspecified atom stereocenters. The lowest BCUT2D eigenvalue weighted by molar-refractivity contribution is 0.523. The normalized spacial score (nSPS) is 12.8. The highest BCUT2D eigenvalue weighted by Gasteiger charge is 2.15. The molecule has 2 aromatic carbocycles. The summed E-state index contributed by atoms with van der Waals surface area (Å²) in [4.78, 5) is 0. The van der Waals surface area contributed by atoms with Gasteiger partial charge >= 0.3 is 0 Å². The van der Waals surface area contributed by atoms with Gasteiger partial charge in [-0.05, 0) is 48.4 Å². The van der Waals surface area contributed by atoms with Gasteiger partial charge in [-0.2, -0.15) is 0 Å². The van der Waals surface area contributed by atoms with Crippen LogP contribution >= 0.6 is 27.5 Å². The molecule has 0 saturated heterocycles. The minimum absolute atomic E-state index is 0.320. The van der Waals surface area contributed by atoms with Crippen molar-refractivity contribution in [2.24, 2.45) is 5.73 Å². The van der Waals surface area contributed by atoms with Crippen LogP contribution in [0.5, 0.6) is 0 Å². The molecule has 1 aromatic heterocycles. The fourth-order valence-electron chi connectivity index (χ4n) is 2.32. The molecule has 0 aliphatic heterocycles. The summed E-state index contributed by atoms with van der Waals surface area (Å²) in [5, 5.41) is 1.72. The number of benzene rings is 2. The van der Waals surface area contributed by atoms with Crippen LogP contribution in [0.2, 0.25) is 5.02 Å². The van der Waals surface area contributed by atoms with E-state index in [0.717, 1.165) is 32.3 Å². The van der Waals surface area contributed by atoms with E-state index in [-0.39, 0.29) is 6.04 Å². The monoisotopic (exact) mass is 349 g/mol. The Bertz CT molecular complexity index is 781. The van der Waals surface area contributed by atoms with Crippen LogP contribution in [-0.2, 0) is 0 Å². The van der Waals surface area contributed by atoms with Crippen LogP contribution in [-0.4, -0.2) is 0 Å². The third kappa shape index (κ3) is 2.49. The maximum absolute atomic E-state index is 6.27. The average molecular weight is 351 g/mol. The summed E-state index contributed by atoms with van der Waals surface area (Å²) in [6.45, 7) is 2.02. The first kappa shape index (κ1) is 13.7. The SMILES string of the molecule is Cc1cc(Br)cc2cc(C(N)c3cccc(Cl)c3)oc12. The van der Waals surface area contributed by atoms with E-state index in [0.29, 0.717) is 5.02 Å². The van der Waals surface area contributed by atoms with E-state index in [9.17, 15) is 0 Å². The second-order valence-electron chi connectivity index (χ2n) is 4.82. The summed E-state index contributed by atoms with van der Waals surface area (Å²) in [6.07, 6.45) is 0. The molecular weight excluding hydrogens is 338 g/mol. The number of halogens is 2. The van der Waals surface area contributed by atoms with Gasteiger partial charge in [0.25, 0.3) is 0 Å². The molecule has 2 N–H and O–H groups in total. The van der Waals surface area contributed by atoms with Crippen LogP contribution in [0.4, 0.5) is 0 Å². The van der Waals surface area contributed by atoms with Gasteiger partial charge in [-0.15, -0.1) is 0 Å². The van der Waals surface area contributed by atoms with Crippen molar-refractivity contribution in [3.8, 4) is 0 Å². The molecule has 0 fully saturated rings. The van der Waals surface area contributed by atoms with Gasteiger partial charge in [-0.25, -0.2) is 0 Å². The number of hydrogen-bond donors (Lipinski definition) is 1. The first-order valence-corrected chi connectivity index (χ1v) is 7.42. The quantitative estimate of drug-likeness (QED) is 0.689. The maximum atomic E-state index is 6.27. The zero-order chi connectivity index (χ0) is 14.3. The van der Waals surface area contributed by atoms with Gasteiger partial charge in [0, 0.05) is 14.9 Å². The molecule has 0 aliphatic carbocycles. The summed E-state index contributed by atoms with van der Waals surface area (Å²) in [7, 11) is 0. The van der Waals surface area contributed by atoms with Gasteiger partial charge in [-0.3, -0.25) is 0 Å². The van der Waals surface area contributed by atoms with Crippen molar-refractivity contribution in [1.29, 1.82) is 0 Å². The van der Waals surface area contributed by atoms with Crippen LogP contribution in [0.25, 0.3) is 11.0 Å². The molecule has 0 bridgehead atoms. The smallest absolute Gasteiger partial charge is 0.137 e. The van der Waals surface area contributed by atoms with E-state index in [1.54, 1.807) is 0 Å². The lowest BCUT2D eigenvalue weighted by atomic mass is 10.1. The van der Waals surface area contributed by atoms with Crippen LogP contribution in [0.3, 0.4) is 0 Å². The molecule has 4 heteroatoms. The highest BCUT2D eigenvalue weighted by atomic mass is 79.9. The van der Waals surface area contributed by atoms with E-state index >= 15 is 0 Å². The number of fused-ring (bicyclic) bond motifs is 1. The van der Waals surface area contributed by atoms with E-state index in [2.05, 4.69) is 15.9 Å². The number of nitrogens with two attached hydrogens (primary N) is 1. The van der Waals surface area contributed by atoms with Gasteiger partial charge in [0.2, 0.25) is 0 Å². The van der Waals surface area contributed by atoms with Gasteiger partial charge < -0.3 is 10.2 Å². The van der Waals surface area contributed by atoms with Crippen molar-refractivity contribution < 1.29 is 4.42 Å². The van der Waals surface area contributed by atoms with Gasteiger partial charge in [0.05, 0.1) is 6.04 Å². The molecule has 0 aliphatic rings. The highest BCUT2D eigenvalue weighted by molar-refractivity contribution is 9.10. The summed E-state index contributed by atoms with van der Waals surface area (Å²) in [5.41, 5.74) is 9.17. The molecule has 0 spiro atoms. The highest BCUT2D eigenvalue weighted by Crippen LogP contribution is 2.31. The number of furan rings is 1. The van der Waals surface area contributed by atoms with Crippen LogP contribution < -0.4 is 5.73 Å². The Balaban J connectivity index is 2.08. The molecule has 2 nitrogen and oxygen atoms in total. The predicted octanol–water partition coefficient (Wildman–Crippen LogP) is 5.21. The molecule has 1 heterocycles. The minimum Gasteiger partial charge on any atom is -0.459 e. The Kier molecular flexibility index (Phi) is 3.59. The number of aryl methyl sites for hydroxylation is 1. The summed E-state index contributed by atoms with van der Waals surface area (Å²) in [5.74, 6) is 0.739. The Morgan fingerprint density at radius 1 is 1.20 bits per heavy atom. The predicted molar refractivity (Wildman–Crippen MR) is 86.1 cm³/mol. The lowest BCUT2D eigenvalue weighted by Crippen LogP contribution is -2.10. The van der Waals surface area contributed by atoms with Crippen molar-refractivity contribution in [3.63, 3.8) is 0 Å². The molecule has 1 atom stereocenters.